The van der Waals surface area contributed by atoms with E-state index in [1.165, 1.54) is 18.6 Å². The molecule has 0 aliphatic carbocycles. The molecule has 0 fully saturated rings. The second-order valence-electron chi connectivity index (χ2n) is 7.71. The molecular formula is C23H21N3O9S. The zero-order valence-electron chi connectivity index (χ0n) is 19.4. The molecule has 13 heteroatoms. The molecule has 0 saturated carbocycles. The predicted octanol–water partition coefficient (Wildman–Crippen LogP) is 4.66. The number of non-ortho nitro benzene ring substituents is 1. The molecule has 0 amide bonds. The summed E-state index contributed by atoms with van der Waals surface area (Å²) in [5, 5.41) is 36.7. The zero-order chi connectivity index (χ0) is 26.6. The molecular weight excluding hydrogens is 494 g/mol. The van der Waals surface area contributed by atoms with E-state index in [-0.39, 0.29) is 16.4 Å². The van der Waals surface area contributed by atoms with Gasteiger partial charge in [0.1, 0.15) is 0 Å². The van der Waals surface area contributed by atoms with Crippen LogP contribution >= 0.6 is 10.3 Å². The van der Waals surface area contributed by atoms with Crippen molar-refractivity contribution >= 4 is 49.0 Å². The van der Waals surface area contributed by atoms with Crippen LogP contribution in [0, 0.1) is 25.1 Å². The van der Waals surface area contributed by atoms with E-state index >= 15 is 0 Å². The summed E-state index contributed by atoms with van der Waals surface area (Å²) in [6.45, 7) is 1.72. The number of nitro benzene ring substituents is 2. The fourth-order valence-corrected chi connectivity index (χ4v) is 4.93. The Morgan fingerprint density at radius 2 is 1.58 bits per heavy atom. The van der Waals surface area contributed by atoms with Gasteiger partial charge in [-0.2, -0.15) is 4.28 Å². The first-order valence-corrected chi connectivity index (χ1v) is 12.7. The fraction of sp³-hybridized carbons (Fsp3) is 0.174. The molecule has 3 aromatic rings. The Hall–Kier alpha value is -4.52. The van der Waals surface area contributed by atoms with Gasteiger partial charge in [0, 0.05) is 33.8 Å². The molecule has 0 aliphatic heterocycles. The molecule has 0 aliphatic rings. The van der Waals surface area contributed by atoms with Crippen LogP contribution in [0.15, 0.2) is 60.7 Å². The fourth-order valence-electron chi connectivity index (χ4n) is 3.35. The van der Waals surface area contributed by atoms with Gasteiger partial charge in [0.05, 0.1) is 39.2 Å². The monoisotopic (exact) mass is 515 g/mol. The standard InChI is InChI=1S/C23H21N3O9S/c1-4-34-22(27)14-21(17-10-9-15-7-5-6-8-16(15)11-17)36(2,3)35-26(33)20-13-18(24(29)30)12-19(23(20)28)25(31)32/h5-14H,4H2,1-3H3/b21-14+. The Morgan fingerprint density at radius 1 is 0.944 bits per heavy atom. The summed E-state index contributed by atoms with van der Waals surface area (Å²) in [7, 11) is -2.69. The lowest BCUT2D eigenvalue weighted by atomic mass is 10.1. The number of benzene rings is 3. The van der Waals surface area contributed by atoms with Crippen LogP contribution in [0.5, 0.6) is 5.75 Å². The highest BCUT2D eigenvalue weighted by molar-refractivity contribution is 8.36. The number of hydrogen-bond donors (Lipinski definition) is 0. The van der Waals surface area contributed by atoms with Crippen molar-refractivity contribution in [1.82, 2.24) is 0 Å². The van der Waals surface area contributed by atoms with Crippen LogP contribution in [0.25, 0.3) is 15.7 Å². The van der Waals surface area contributed by atoms with Gasteiger partial charge < -0.3 is 9.84 Å². The van der Waals surface area contributed by atoms with Gasteiger partial charge in [-0.3, -0.25) is 20.2 Å². The maximum absolute atomic E-state index is 12.9. The molecule has 0 saturated heterocycles. The van der Waals surface area contributed by atoms with E-state index in [9.17, 15) is 35.0 Å². The van der Waals surface area contributed by atoms with Gasteiger partial charge in [0.15, 0.2) is 0 Å². The van der Waals surface area contributed by atoms with Crippen molar-refractivity contribution < 1.29 is 33.7 Å². The molecule has 3 aromatic carbocycles. The number of carbonyl (C=O) groups is 1. The largest absolute Gasteiger partial charge is 0.863 e. The van der Waals surface area contributed by atoms with Gasteiger partial charge in [-0.1, -0.05) is 36.4 Å². The minimum atomic E-state index is -2.69. The lowest BCUT2D eigenvalue weighted by Gasteiger charge is -2.27. The normalized spacial score (nSPS) is 12.1. The smallest absolute Gasteiger partial charge is 0.331 e. The van der Waals surface area contributed by atoms with Crippen LogP contribution < -0.4 is 5.11 Å². The Kier molecular flexibility index (Phi) is 7.53. The van der Waals surface area contributed by atoms with E-state index in [0.717, 1.165) is 10.8 Å². The van der Waals surface area contributed by atoms with Crippen LogP contribution in [0.4, 0.5) is 17.1 Å². The average Bonchev–Trinajstić information content (AvgIpc) is 2.81. The highest BCUT2D eigenvalue weighted by atomic mass is 32.3. The SMILES string of the molecule is CCOC(=O)/C=C(\c1ccc2ccccc2c1)S(C)(C)O[N+](=O)c1cc([N+](=O)[O-])cc([N+](=O)[O-])c1[O-]. The zero-order valence-corrected chi connectivity index (χ0v) is 20.2. The Labute approximate surface area is 206 Å². The molecule has 0 radical (unpaired) electrons. The van der Waals surface area contributed by atoms with Crippen molar-refractivity contribution in [1.29, 1.82) is 0 Å². The first-order chi connectivity index (χ1) is 16.9. The molecule has 0 N–H and O–H groups in total. The third kappa shape index (κ3) is 5.58. The van der Waals surface area contributed by atoms with Gasteiger partial charge in [-0.25, -0.2) is 4.79 Å². The first-order valence-electron chi connectivity index (χ1n) is 10.4. The van der Waals surface area contributed by atoms with Gasteiger partial charge in [-0.15, -0.1) is 0 Å². The summed E-state index contributed by atoms with van der Waals surface area (Å²) >= 11 is 0. The highest BCUT2D eigenvalue weighted by Gasteiger charge is 2.35. The number of rotatable bonds is 9. The highest BCUT2D eigenvalue weighted by Crippen LogP contribution is 2.56. The summed E-state index contributed by atoms with van der Waals surface area (Å²) in [5.41, 5.74) is -2.38. The Morgan fingerprint density at radius 3 is 2.19 bits per heavy atom. The van der Waals surface area contributed by atoms with Crippen LogP contribution in [-0.4, -0.2) is 39.9 Å². The molecule has 36 heavy (non-hydrogen) atoms. The van der Waals surface area contributed by atoms with Crippen LogP contribution in [0.2, 0.25) is 0 Å². The van der Waals surface area contributed by atoms with E-state index < -0.39 is 48.9 Å². The minimum absolute atomic E-state index is 0.0987. The van der Waals surface area contributed by atoms with Gasteiger partial charge in [-0.05, 0) is 29.3 Å². The Balaban J connectivity index is 2.09. The number of esters is 1. The van der Waals surface area contributed by atoms with Crippen molar-refractivity contribution in [3.63, 3.8) is 0 Å². The van der Waals surface area contributed by atoms with Crippen LogP contribution in [0.1, 0.15) is 12.5 Å². The van der Waals surface area contributed by atoms with Crippen molar-refractivity contribution in [3.8, 4) is 5.75 Å². The third-order valence-electron chi connectivity index (χ3n) is 4.99. The van der Waals surface area contributed by atoms with Gasteiger partial charge >= 0.3 is 11.7 Å². The first kappa shape index (κ1) is 26.1. The summed E-state index contributed by atoms with van der Waals surface area (Å²) < 4.78 is 10.5. The summed E-state index contributed by atoms with van der Waals surface area (Å²) in [6, 6.07) is 13.8. The van der Waals surface area contributed by atoms with Crippen molar-refractivity contribution in [2.45, 2.75) is 6.92 Å². The average molecular weight is 516 g/mol. The molecule has 188 valence electrons. The molecule has 0 heterocycles. The molecule has 0 bridgehead atoms. The van der Waals surface area contributed by atoms with Gasteiger partial charge in [0.2, 0.25) is 0 Å². The van der Waals surface area contributed by atoms with E-state index in [0.29, 0.717) is 17.7 Å². The van der Waals surface area contributed by atoms with Gasteiger partial charge in [0.25, 0.3) is 16.3 Å². The van der Waals surface area contributed by atoms with E-state index in [2.05, 4.69) is 0 Å². The second-order valence-corrected chi connectivity index (χ2v) is 10.8. The van der Waals surface area contributed by atoms with Crippen molar-refractivity contribution in [2.24, 2.45) is 0 Å². The van der Waals surface area contributed by atoms with Crippen molar-refractivity contribution in [3.05, 3.63) is 91.4 Å². The number of fused-ring (bicyclic) bond motifs is 1. The van der Waals surface area contributed by atoms with Crippen molar-refractivity contribution in [2.75, 3.05) is 19.1 Å². The van der Waals surface area contributed by atoms with Crippen LogP contribution in [-0.2, 0) is 13.8 Å². The molecule has 0 unspecified atom stereocenters. The second kappa shape index (κ2) is 10.4. The van der Waals surface area contributed by atoms with E-state index in [1.54, 1.807) is 19.1 Å². The molecule has 3 rings (SSSR count). The maximum atomic E-state index is 12.9. The number of hydrogen-bond acceptors (Lipinski definition) is 9. The lowest BCUT2D eigenvalue weighted by molar-refractivity contribution is -0.698. The number of ether oxygens (including phenoxy) is 1. The number of nitro groups is 2. The lowest BCUT2D eigenvalue weighted by Crippen LogP contribution is -2.14. The number of carbonyl (C=O) groups excluding carboxylic acids is 1. The Bertz CT molecular complexity index is 1420. The van der Waals surface area contributed by atoms with Crippen LogP contribution in [0.3, 0.4) is 0 Å². The quantitative estimate of drug-likeness (QED) is 0.170. The maximum Gasteiger partial charge on any atom is 0.331 e. The third-order valence-corrected chi connectivity index (χ3v) is 6.91. The van der Waals surface area contributed by atoms with E-state index in [1.807, 2.05) is 30.3 Å². The predicted molar refractivity (Wildman–Crippen MR) is 132 cm³/mol. The summed E-state index contributed by atoms with van der Waals surface area (Å²) in [6.07, 6.45) is 4.19. The number of nitrogens with zero attached hydrogens (tertiary/aromatic N) is 3. The molecule has 0 aromatic heterocycles. The molecule has 0 atom stereocenters. The molecule has 12 nitrogen and oxygen atoms in total. The summed E-state index contributed by atoms with van der Waals surface area (Å²) in [4.78, 5) is 45.6. The molecule has 0 spiro atoms. The minimum Gasteiger partial charge on any atom is -0.863 e. The topological polar surface area (TPSA) is 165 Å². The van der Waals surface area contributed by atoms with E-state index in [4.69, 9.17) is 9.02 Å². The summed E-state index contributed by atoms with van der Waals surface area (Å²) in [5.74, 6) is -2.05.